The molecule has 2 saturated carbocycles. The second kappa shape index (κ2) is 18.4. The van der Waals surface area contributed by atoms with Gasteiger partial charge in [-0.3, -0.25) is 38.6 Å². The summed E-state index contributed by atoms with van der Waals surface area (Å²) in [5.41, 5.74) is 1.26. The van der Waals surface area contributed by atoms with Gasteiger partial charge >= 0.3 is 0 Å². The van der Waals surface area contributed by atoms with Crippen LogP contribution in [0.1, 0.15) is 80.0 Å². The van der Waals surface area contributed by atoms with Crippen LogP contribution in [-0.2, 0) is 9.59 Å². The van der Waals surface area contributed by atoms with Gasteiger partial charge < -0.3 is 20.4 Å². The minimum absolute atomic E-state index is 0.00594. The van der Waals surface area contributed by atoms with Gasteiger partial charge in [-0.15, -0.1) is 0 Å². The van der Waals surface area contributed by atoms with E-state index in [1.54, 1.807) is 24.3 Å². The van der Waals surface area contributed by atoms with Gasteiger partial charge in [-0.2, -0.15) is 0 Å². The lowest BCUT2D eigenvalue weighted by Gasteiger charge is -2.32. The summed E-state index contributed by atoms with van der Waals surface area (Å²) in [6, 6.07) is 6.40. The minimum Gasteiger partial charge on any atom is -0.356 e. The highest BCUT2D eigenvalue weighted by molar-refractivity contribution is 6.33. The van der Waals surface area contributed by atoms with E-state index in [-0.39, 0.29) is 24.9 Å². The normalized spacial score (nSPS) is 17.6. The van der Waals surface area contributed by atoms with Gasteiger partial charge in [-0.1, -0.05) is 0 Å². The Kier molecular flexibility index (Phi) is 13.5. The predicted octanol–water partition coefficient (Wildman–Crippen LogP) is 3.28. The van der Waals surface area contributed by atoms with E-state index in [0.717, 1.165) is 37.8 Å². The van der Waals surface area contributed by atoms with Crippen molar-refractivity contribution in [1.29, 1.82) is 0 Å². The molecule has 282 valence electrons. The van der Waals surface area contributed by atoms with Crippen molar-refractivity contribution in [2.75, 3.05) is 66.5 Å². The Balaban J connectivity index is 0.960. The lowest BCUT2D eigenvalue weighted by atomic mass is 9.86. The fourth-order valence-electron chi connectivity index (χ4n) is 7.31. The Morgan fingerprint density at radius 1 is 0.519 bits per heavy atom. The van der Waals surface area contributed by atoms with Gasteiger partial charge in [0.15, 0.2) is 0 Å². The minimum atomic E-state index is -0.432. The molecule has 6 amide bonds. The van der Waals surface area contributed by atoms with Crippen LogP contribution in [0.25, 0.3) is 10.8 Å². The second-order valence-corrected chi connectivity index (χ2v) is 14.3. The first kappa shape index (κ1) is 39.5. The number of hydrogen-bond acceptors (Lipinski definition) is 8. The second-order valence-electron chi connectivity index (χ2n) is 14.3. The summed E-state index contributed by atoms with van der Waals surface area (Å²) in [5, 5.41) is 6.64. The van der Waals surface area contributed by atoms with Crippen molar-refractivity contribution in [1.82, 2.24) is 30.2 Å². The molecule has 2 aromatic rings. The first-order valence-electron chi connectivity index (χ1n) is 18.8. The van der Waals surface area contributed by atoms with Gasteiger partial charge in [0.25, 0.3) is 23.6 Å². The average molecular weight is 733 g/mol. The van der Waals surface area contributed by atoms with E-state index in [0.29, 0.717) is 84.9 Å². The maximum absolute atomic E-state index is 13.7. The number of carbonyl (C=O) groups is 6. The molecule has 0 aromatic heterocycles. The van der Waals surface area contributed by atoms with Gasteiger partial charge in [0.1, 0.15) is 0 Å². The molecule has 12 nitrogen and oxygen atoms in total. The summed E-state index contributed by atoms with van der Waals surface area (Å²) in [5.74, 6) is 0.244. The Hall–Kier alpha value is -4.16. The van der Waals surface area contributed by atoms with Crippen molar-refractivity contribution < 1.29 is 28.8 Å². The molecule has 0 spiro atoms. The van der Waals surface area contributed by atoms with E-state index in [1.165, 1.54) is 9.80 Å². The number of rotatable bonds is 20. The van der Waals surface area contributed by atoms with Crippen molar-refractivity contribution in [2.24, 2.45) is 0 Å². The molecule has 54 heavy (non-hydrogen) atoms. The van der Waals surface area contributed by atoms with Crippen molar-refractivity contribution in [2.45, 2.75) is 38.5 Å². The van der Waals surface area contributed by atoms with Crippen LogP contribution in [0.4, 0.5) is 0 Å². The average Bonchev–Trinajstić information content (AvgIpc) is 3.87. The molecular weight excluding hydrogens is 684 g/mol. The summed E-state index contributed by atoms with van der Waals surface area (Å²) >= 11 is 0. The molecule has 2 heterocycles. The third kappa shape index (κ3) is 9.37. The predicted molar refractivity (Wildman–Crippen MR) is 204 cm³/mol. The molecule has 2 aliphatic carbocycles. The molecule has 2 fully saturated rings. The molecule has 0 saturated heterocycles. The maximum atomic E-state index is 13.7. The number of nitrogens with one attached hydrogen (secondary N) is 2. The van der Waals surface area contributed by atoms with Gasteiger partial charge in [0, 0.05) is 72.0 Å². The number of hydrogen-bond donors (Lipinski definition) is 2. The summed E-state index contributed by atoms with van der Waals surface area (Å²) in [6.45, 7) is 4.40. The molecule has 0 atom stereocenters. The number of nitrogens with zero attached hydrogens (tertiary/aromatic N) is 4. The highest BCUT2D eigenvalue weighted by Crippen LogP contribution is 2.38. The Labute approximate surface area is 319 Å². The SMILES string of the molecule is CN(CCCNC(=O)C[C]1[CH][CH][CH][CH]1)CCCN1C(=O)c2ccc3c4c(ccc(c24)C1=O)C(=O)N(CCCN(C)CCCNC(=O)C[C]1[CH][CH][CH][CH]1)C3=O. The molecule has 0 bridgehead atoms. The Morgan fingerprint density at radius 3 is 1.17 bits per heavy atom. The zero-order valence-corrected chi connectivity index (χ0v) is 31.1. The van der Waals surface area contributed by atoms with E-state index in [9.17, 15) is 28.8 Å². The molecule has 2 N–H and O–H groups in total. The van der Waals surface area contributed by atoms with Crippen LogP contribution in [0.15, 0.2) is 24.3 Å². The van der Waals surface area contributed by atoms with E-state index < -0.39 is 23.6 Å². The first-order chi connectivity index (χ1) is 26.1. The standard InChI is InChI=1S/C42H48N6O6/c1-45(21-7-19-43-35(49)27-29-11-3-4-12-29)23-9-25-47-39(51)31-15-17-33-38-34(18-16-32(37(31)38)40(47)52)42(54)48(41(33)53)26-10-24-46(2)22-8-20-44-36(50)28-30-13-5-6-14-30/h3-6,11-18H,7-10,19-28H2,1-2H3,(H,43,49)(H,44,50). The van der Waals surface area contributed by atoms with Gasteiger partial charge in [0.05, 0.1) is 0 Å². The third-order valence-corrected chi connectivity index (χ3v) is 10.2. The number of amides is 6. The molecule has 10 radical (unpaired) electrons. The zero-order valence-electron chi connectivity index (χ0n) is 31.1. The van der Waals surface area contributed by atoms with E-state index in [2.05, 4.69) is 20.4 Å². The van der Waals surface area contributed by atoms with Crippen LogP contribution >= 0.6 is 0 Å². The lowest BCUT2D eigenvalue weighted by Crippen LogP contribution is -2.44. The third-order valence-electron chi connectivity index (χ3n) is 10.2. The van der Waals surface area contributed by atoms with Crippen molar-refractivity contribution in [3.63, 3.8) is 0 Å². The molecular formula is C42H48N6O6. The van der Waals surface area contributed by atoms with Crippen LogP contribution in [0.3, 0.4) is 0 Å². The van der Waals surface area contributed by atoms with Crippen LogP contribution in [-0.4, -0.2) is 121 Å². The molecule has 2 aliphatic heterocycles. The van der Waals surface area contributed by atoms with Crippen molar-refractivity contribution >= 4 is 46.2 Å². The van der Waals surface area contributed by atoms with Crippen LogP contribution in [0.5, 0.6) is 0 Å². The molecule has 4 aliphatic rings. The number of imide groups is 2. The highest BCUT2D eigenvalue weighted by Gasteiger charge is 2.39. The lowest BCUT2D eigenvalue weighted by molar-refractivity contribution is -0.121. The fraction of sp³-hybridized carbons (Fsp3) is 0.381. The molecule has 6 rings (SSSR count). The van der Waals surface area contributed by atoms with Crippen LogP contribution in [0.2, 0.25) is 0 Å². The van der Waals surface area contributed by atoms with E-state index in [1.807, 2.05) is 65.5 Å². The van der Waals surface area contributed by atoms with Gasteiger partial charge in [-0.05, 0) is 153 Å². The van der Waals surface area contributed by atoms with Crippen LogP contribution < -0.4 is 10.6 Å². The van der Waals surface area contributed by atoms with Crippen LogP contribution in [0, 0.1) is 63.2 Å². The van der Waals surface area contributed by atoms with E-state index in [4.69, 9.17) is 0 Å². The monoisotopic (exact) mass is 732 g/mol. The fourth-order valence-corrected chi connectivity index (χ4v) is 7.31. The van der Waals surface area contributed by atoms with Gasteiger partial charge in [0.2, 0.25) is 11.8 Å². The summed E-state index contributed by atoms with van der Waals surface area (Å²) in [7, 11) is 3.94. The quantitative estimate of drug-likeness (QED) is 0.156. The topological polar surface area (TPSA) is 139 Å². The van der Waals surface area contributed by atoms with E-state index >= 15 is 0 Å². The first-order valence-corrected chi connectivity index (χ1v) is 18.8. The van der Waals surface area contributed by atoms with Gasteiger partial charge in [-0.25, -0.2) is 0 Å². The molecule has 2 aromatic carbocycles. The summed E-state index contributed by atoms with van der Waals surface area (Å²) in [6.07, 6.45) is 18.8. The number of benzene rings is 2. The Morgan fingerprint density at radius 2 is 0.833 bits per heavy atom. The zero-order chi connectivity index (χ0) is 38.2. The highest BCUT2D eigenvalue weighted by atomic mass is 16.2. The summed E-state index contributed by atoms with van der Waals surface area (Å²) in [4.78, 5) is 85.7. The number of carbonyl (C=O) groups excluding carboxylic acids is 6. The molecule has 0 unspecified atom stereocenters. The smallest absolute Gasteiger partial charge is 0.261 e. The Bertz CT molecular complexity index is 1540. The molecule has 12 heteroatoms. The largest absolute Gasteiger partial charge is 0.356 e. The van der Waals surface area contributed by atoms with Crippen molar-refractivity contribution in [3.05, 3.63) is 110 Å². The summed E-state index contributed by atoms with van der Waals surface area (Å²) < 4.78 is 0. The van der Waals surface area contributed by atoms with Crippen molar-refractivity contribution in [3.8, 4) is 0 Å². The maximum Gasteiger partial charge on any atom is 0.261 e.